The van der Waals surface area contributed by atoms with Gasteiger partial charge in [0.25, 0.3) is 0 Å². The van der Waals surface area contributed by atoms with Crippen molar-refractivity contribution in [2.45, 2.75) is 80.3 Å². The van der Waals surface area contributed by atoms with Crippen molar-refractivity contribution >= 4 is 76.0 Å². The number of sulfone groups is 1. The van der Waals surface area contributed by atoms with Crippen LogP contribution in [-0.4, -0.2) is 71.8 Å². The molecular formula is C28H39B4ClFN5O3S. The van der Waals surface area contributed by atoms with Crippen LogP contribution in [0.15, 0.2) is 41.4 Å². The van der Waals surface area contributed by atoms with Gasteiger partial charge in [0.05, 0.1) is 33.8 Å². The first-order chi connectivity index (χ1) is 19.9. The van der Waals surface area contributed by atoms with E-state index in [-0.39, 0.29) is 44.2 Å². The van der Waals surface area contributed by atoms with E-state index in [0.29, 0.717) is 17.4 Å². The van der Waals surface area contributed by atoms with Crippen molar-refractivity contribution in [3.8, 4) is 5.75 Å². The van der Waals surface area contributed by atoms with Crippen LogP contribution in [-0.2, 0) is 9.84 Å². The van der Waals surface area contributed by atoms with Gasteiger partial charge in [0.2, 0.25) is 5.95 Å². The van der Waals surface area contributed by atoms with E-state index in [9.17, 15) is 12.8 Å². The molecule has 1 saturated heterocycles. The predicted octanol–water partition coefficient (Wildman–Crippen LogP) is 2.34. The molecule has 0 unspecified atom stereocenters. The maximum atomic E-state index is 14.1. The maximum absolute atomic E-state index is 14.1. The quantitative estimate of drug-likeness (QED) is 0.313. The molecule has 8 nitrogen and oxygen atoms in total. The Kier molecular flexibility index (Phi) is 9.55. The lowest BCUT2D eigenvalue weighted by Gasteiger charge is -2.48. The molecule has 1 aliphatic rings. The average molecular weight is 623 g/mol. The van der Waals surface area contributed by atoms with Gasteiger partial charge in [-0.3, -0.25) is 0 Å². The number of aryl methyl sites for hydroxylation is 1. The second-order valence-electron chi connectivity index (χ2n) is 13.2. The van der Waals surface area contributed by atoms with Gasteiger partial charge >= 0.3 is 0 Å². The summed E-state index contributed by atoms with van der Waals surface area (Å²) in [6.45, 7) is 9.14. The molecule has 0 radical (unpaired) electrons. The molecule has 2 heterocycles. The van der Waals surface area contributed by atoms with Gasteiger partial charge in [-0.25, -0.2) is 17.8 Å². The van der Waals surface area contributed by atoms with Crippen LogP contribution in [0.25, 0.3) is 0 Å². The van der Waals surface area contributed by atoms with Crippen molar-refractivity contribution in [3.63, 3.8) is 0 Å². The van der Waals surface area contributed by atoms with Crippen LogP contribution in [0.5, 0.6) is 5.75 Å². The van der Waals surface area contributed by atoms with Crippen molar-refractivity contribution in [2.75, 3.05) is 10.6 Å². The fourth-order valence-electron chi connectivity index (χ4n) is 5.99. The minimum Gasteiger partial charge on any atom is -0.489 e. The third-order valence-corrected chi connectivity index (χ3v) is 9.94. The summed E-state index contributed by atoms with van der Waals surface area (Å²) < 4.78 is 46.3. The monoisotopic (exact) mass is 623 g/mol. The molecule has 0 spiro atoms. The first-order valence-electron chi connectivity index (χ1n) is 14.6. The van der Waals surface area contributed by atoms with Crippen molar-refractivity contribution in [3.05, 3.63) is 58.5 Å². The number of rotatable bonds is 9. The molecule has 0 aliphatic carbocycles. The molecule has 4 rings (SSSR count). The van der Waals surface area contributed by atoms with Gasteiger partial charge in [-0.05, 0) is 106 Å². The summed E-state index contributed by atoms with van der Waals surface area (Å²) >= 11 is 6.42. The Balaban J connectivity index is 1.70. The molecule has 0 atom stereocenters. The van der Waals surface area contributed by atoms with E-state index in [2.05, 4.69) is 70.3 Å². The van der Waals surface area contributed by atoms with Gasteiger partial charge in [0, 0.05) is 0 Å². The van der Waals surface area contributed by atoms with Crippen molar-refractivity contribution in [1.82, 2.24) is 15.3 Å². The minimum absolute atomic E-state index is 0.00567. The summed E-state index contributed by atoms with van der Waals surface area (Å²) in [5.41, 5.74) is 3.23. The Labute approximate surface area is 263 Å². The van der Waals surface area contributed by atoms with Crippen molar-refractivity contribution in [1.29, 1.82) is 0 Å². The lowest BCUT2D eigenvalue weighted by Crippen LogP contribution is -2.64. The zero-order valence-electron chi connectivity index (χ0n) is 26.4. The molecular weight excluding hydrogens is 584 g/mol. The zero-order valence-corrected chi connectivity index (χ0v) is 28.0. The fraction of sp³-hybridized carbons (Fsp3) is 0.429. The van der Waals surface area contributed by atoms with Gasteiger partial charge in [0.15, 0.2) is 15.7 Å². The van der Waals surface area contributed by atoms with E-state index in [1.54, 1.807) is 13.8 Å². The number of piperidine rings is 1. The number of ether oxygens (including phenoxy) is 1. The Morgan fingerprint density at radius 2 is 1.70 bits per heavy atom. The smallest absolute Gasteiger partial charge is 0.229 e. The summed E-state index contributed by atoms with van der Waals surface area (Å²) in [6.07, 6.45) is 3.35. The summed E-state index contributed by atoms with van der Waals surface area (Å²) in [5, 5.41) is 9.42. The second-order valence-corrected chi connectivity index (χ2v) is 16.1. The summed E-state index contributed by atoms with van der Waals surface area (Å²) in [6, 6.07) is 7.71. The molecule has 43 heavy (non-hydrogen) atoms. The summed E-state index contributed by atoms with van der Waals surface area (Å²) in [5.74, 6) is 0.775. The maximum Gasteiger partial charge on any atom is 0.229 e. The fourth-order valence-corrected chi connectivity index (χ4v) is 7.34. The highest BCUT2D eigenvalue weighted by molar-refractivity contribution is 7.92. The normalized spacial score (nSPS) is 16.8. The summed E-state index contributed by atoms with van der Waals surface area (Å²) in [7, 11) is 5.18. The third-order valence-electron chi connectivity index (χ3n) is 7.48. The molecule has 226 valence electrons. The standard InChI is InChI=1S/C28H39B4ClFN5O3S/c1-14(2)42-23-10-19(17-11-27(29,30)39-28(31,32)12-17)16(5)8-22(23)37-26-35-13-20(33)25(38-26)36-21-7-6-18(34)9-24(21)43(40,41)15(3)4/h6-10,13-15,17,39H,11-12,29-32H2,1-5H3,(H2,35,36,37,38). The number of nitrogens with zero attached hydrogens (tertiary/aromatic N) is 2. The predicted molar refractivity (Wildman–Crippen MR) is 184 cm³/mol. The minimum atomic E-state index is -3.80. The van der Waals surface area contributed by atoms with Gasteiger partial charge < -0.3 is 20.7 Å². The molecule has 3 aromatic rings. The summed E-state index contributed by atoms with van der Waals surface area (Å²) in [4.78, 5) is 8.72. The van der Waals surface area contributed by atoms with Gasteiger partial charge in [0.1, 0.15) is 48.0 Å². The van der Waals surface area contributed by atoms with Gasteiger partial charge in [-0.1, -0.05) is 11.6 Å². The van der Waals surface area contributed by atoms with Crippen LogP contribution in [0.1, 0.15) is 57.6 Å². The highest BCUT2D eigenvalue weighted by Crippen LogP contribution is 2.41. The van der Waals surface area contributed by atoms with Crippen LogP contribution >= 0.6 is 11.6 Å². The number of aromatic nitrogens is 2. The lowest BCUT2D eigenvalue weighted by atomic mass is 9.46. The van der Waals surface area contributed by atoms with Crippen LogP contribution in [0.3, 0.4) is 0 Å². The molecule has 1 aliphatic heterocycles. The van der Waals surface area contributed by atoms with Crippen molar-refractivity contribution in [2.24, 2.45) is 0 Å². The Morgan fingerprint density at radius 1 is 1.05 bits per heavy atom. The first-order valence-corrected chi connectivity index (χ1v) is 16.5. The SMILES string of the molecule is BC1(B)CC(c2cc(OC(C)C)c(Nc3ncc(Cl)c(Nc4ccc(F)cc4S(=O)(=O)C(C)C)n3)cc2C)CC(B)(B)N1. The zero-order chi connectivity index (χ0) is 31.9. The van der Waals surface area contributed by atoms with E-state index < -0.39 is 20.9 Å². The van der Waals surface area contributed by atoms with Gasteiger partial charge in [-0.2, -0.15) is 4.98 Å². The van der Waals surface area contributed by atoms with E-state index in [1.165, 1.54) is 23.9 Å². The van der Waals surface area contributed by atoms with E-state index in [0.717, 1.165) is 24.5 Å². The molecule has 3 N–H and O–H groups in total. The number of hydrogen-bond acceptors (Lipinski definition) is 8. The Hall–Kier alpha value is -2.69. The highest BCUT2D eigenvalue weighted by atomic mass is 35.5. The van der Waals surface area contributed by atoms with E-state index in [4.69, 9.17) is 16.3 Å². The highest BCUT2D eigenvalue weighted by Gasteiger charge is 2.38. The average Bonchev–Trinajstić information content (AvgIpc) is 2.86. The molecule has 1 aromatic heterocycles. The van der Waals surface area contributed by atoms with Crippen LogP contribution in [0.2, 0.25) is 5.02 Å². The van der Waals surface area contributed by atoms with Crippen LogP contribution < -0.4 is 20.7 Å². The topological polar surface area (TPSA) is 105 Å². The number of benzene rings is 2. The molecule has 2 aromatic carbocycles. The molecule has 0 bridgehead atoms. The van der Waals surface area contributed by atoms with Crippen molar-refractivity contribution < 1.29 is 17.5 Å². The number of nitrogens with one attached hydrogen (secondary N) is 3. The number of hydrogen-bond donors (Lipinski definition) is 3. The van der Waals surface area contributed by atoms with Crippen LogP contribution in [0, 0.1) is 12.7 Å². The third kappa shape index (κ3) is 7.88. The van der Waals surface area contributed by atoms with Gasteiger partial charge in [-0.15, -0.1) is 0 Å². The first kappa shape index (κ1) is 33.2. The lowest BCUT2D eigenvalue weighted by molar-refractivity contribution is 0.243. The Morgan fingerprint density at radius 3 is 2.30 bits per heavy atom. The number of halogens is 2. The van der Waals surface area contributed by atoms with Crippen LogP contribution in [0.4, 0.5) is 27.5 Å². The molecule has 0 saturated carbocycles. The largest absolute Gasteiger partial charge is 0.489 e. The van der Waals surface area contributed by atoms with E-state index >= 15 is 0 Å². The molecule has 15 heteroatoms. The molecule has 1 fully saturated rings. The Bertz CT molecular complexity index is 1610. The molecule has 0 amide bonds. The van der Waals surface area contributed by atoms with E-state index in [1.807, 2.05) is 19.9 Å². The second kappa shape index (κ2) is 12.4. The number of anilines is 4.